The SMILES string of the molecule is Cl.O=C(O)c1cnc2[nH]ncc2c1. The number of aromatic carboxylic acids is 1. The lowest BCUT2D eigenvalue weighted by Crippen LogP contribution is -1.96. The van der Waals surface area contributed by atoms with E-state index in [9.17, 15) is 4.79 Å². The highest BCUT2D eigenvalue weighted by atomic mass is 35.5. The van der Waals surface area contributed by atoms with Gasteiger partial charge in [-0.25, -0.2) is 9.78 Å². The molecule has 2 aromatic rings. The molecule has 0 aromatic carbocycles. The minimum atomic E-state index is -0.981. The molecule has 2 heterocycles. The van der Waals surface area contributed by atoms with Gasteiger partial charge in [0, 0.05) is 11.6 Å². The van der Waals surface area contributed by atoms with E-state index in [-0.39, 0.29) is 18.0 Å². The molecule has 0 saturated heterocycles. The van der Waals surface area contributed by atoms with Crippen LogP contribution in [0.15, 0.2) is 18.5 Å². The lowest BCUT2D eigenvalue weighted by Gasteiger charge is -1.91. The Morgan fingerprint density at radius 3 is 2.92 bits per heavy atom. The second-order valence-electron chi connectivity index (χ2n) is 2.34. The van der Waals surface area contributed by atoms with Crippen molar-refractivity contribution < 1.29 is 9.90 Å². The molecule has 0 aliphatic heterocycles. The van der Waals surface area contributed by atoms with E-state index in [1.54, 1.807) is 0 Å². The number of halogens is 1. The van der Waals surface area contributed by atoms with E-state index in [2.05, 4.69) is 15.2 Å². The topological polar surface area (TPSA) is 78.9 Å². The summed E-state index contributed by atoms with van der Waals surface area (Å²) in [5.41, 5.74) is 0.768. The van der Waals surface area contributed by atoms with Crippen molar-refractivity contribution in [3.63, 3.8) is 0 Å². The molecular formula is C7H6ClN3O2. The lowest BCUT2D eigenvalue weighted by molar-refractivity contribution is 0.0696. The van der Waals surface area contributed by atoms with Gasteiger partial charge < -0.3 is 5.11 Å². The Morgan fingerprint density at radius 2 is 2.23 bits per heavy atom. The van der Waals surface area contributed by atoms with Crippen LogP contribution in [0.3, 0.4) is 0 Å². The minimum Gasteiger partial charge on any atom is -0.478 e. The van der Waals surface area contributed by atoms with Crippen LogP contribution in [-0.4, -0.2) is 26.3 Å². The number of H-pyrrole nitrogens is 1. The van der Waals surface area contributed by atoms with Gasteiger partial charge >= 0.3 is 5.97 Å². The maximum atomic E-state index is 10.5. The van der Waals surface area contributed by atoms with Crippen LogP contribution in [0.5, 0.6) is 0 Å². The highest BCUT2D eigenvalue weighted by Gasteiger charge is 2.04. The normalized spacial score (nSPS) is 9.54. The molecule has 0 aliphatic rings. The first-order chi connectivity index (χ1) is 5.77. The number of carboxylic acid groups (broad SMARTS) is 1. The van der Waals surface area contributed by atoms with Crippen LogP contribution in [0.25, 0.3) is 11.0 Å². The fourth-order valence-corrected chi connectivity index (χ4v) is 0.954. The number of hydrogen-bond donors (Lipinski definition) is 2. The maximum absolute atomic E-state index is 10.5. The summed E-state index contributed by atoms with van der Waals surface area (Å²) in [5, 5.41) is 15.7. The second kappa shape index (κ2) is 3.40. The summed E-state index contributed by atoms with van der Waals surface area (Å²) in [6.45, 7) is 0. The standard InChI is InChI=1S/C7H5N3O2.ClH/c11-7(12)5-1-4-3-9-10-6(4)8-2-5;/h1-3H,(H,11,12)(H,8,9,10);1H. The zero-order valence-electron chi connectivity index (χ0n) is 6.39. The number of fused-ring (bicyclic) bond motifs is 1. The highest BCUT2D eigenvalue weighted by Crippen LogP contribution is 2.09. The van der Waals surface area contributed by atoms with E-state index in [1.807, 2.05) is 0 Å². The molecule has 2 rings (SSSR count). The third-order valence-electron chi connectivity index (χ3n) is 1.54. The number of aromatic nitrogens is 3. The van der Waals surface area contributed by atoms with Gasteiger partial charge in [0.1, 0.15) is 0 Å². The second-order valence-corrected chi connectivity index (χ2v) is 2.34. The Kier molecular flexibility index (Phi) is 2.48. The molecule has 5 nitrogen and oxygen atoms in total. The van der Waals surface area contributed by atoms with Gasteiger partial charge in [-0.3, -0.25) is 5.10 Å². The molecule has 2 N–H and O–H groups in total. The van der Waals surface area contributed by atoms with Crippen molar-refractivity contribution in [2.24, 2.45) is 0 Å². The Balaban J connectivity index is 0.000000845. The molecule has 0 bridgehead atoms. The zero-order chi connectivity index (χ0) is 8.55. The fourth-order valence-electron chi connectivity index (χ4n) is 0.954. The van der Waals surface area contributed by atoms with Gasteiger partial charge in [-0.2, -0.15) is 5.10 Å². The average Bonchev–Trinajstić information content (AvgIpc) is 2.49. The Labute approximate surface area is 79.2 Å². The van der Waals surface area contributed by atoms with Gasteiger partial charge in [-0.15, -0.1) is 12.4 Å². The monoisotopic (exact) mass is 199 g/mol. The number of nitrogens with zero attached hydrogens (tertiary/aromatic N) is 2. The molecule has 0 amide bonds. The van der Waals surface area contributed by atoms with Crippen LogP contribution >= 0.6 is 12.4 Å². The van der Waals surface area contributed by atoms with Gasteiger partial charge in [0.05, 0.1) is 11.8 Å². The molecule has 0 saturated carbocycles. The molecule has 13 heavy (non-hydrogen) atoms. The van der Waals surface area contributed by atoms with Crippen molar-refractivity contribution in [2.45, 2.75) is 0 Å². The number of carboxylic acids is 1. The number of pyridine rings is 1. The quantitative estimate of drug-likeness (QED) is 0.720. The molecule has 0 fully saturated rings. The fraction of sp³-hybridized carbons (Fsp3) is 0. The number of hydrogen-bond acceptors (Lipinski definition) is 3. The number of nitrogens with one attached hydrogen (secondary N) is 1. The van der Waals surface area contributed by atoms with Crippen molar-refractivity contribution in [3.8, 4) is 0 Å². The largest absolute Gasteiger partial charge is 0.478 e. The zero-order valence-corrected chi connectivity index (χ0v) is 7.21. The van der Waals surface area contributed by atoms with Gasteiger partial charge in [0.2, 0.25) is 0 Å². The van der Waals surface area contributed by atoms with Crippen molar-refractivity contribution in [3.05, 3.63) is 24.0 Å². The van der Waals surface area contributed by atoms with E-state index < -0.39 is 5.97 Å². The summed E-state index contributed by atoms with van der Waals surface area (Å²) >= 11 is 0. The Morgan fingerprint density at radius 1 is 1.46 bits per heavy atom. The van der Waals surface area contributed by atoms with Crippen molar-refractivity contribution in [1.29, 1.82) is 0 Å². The van der Waals surface area contributed by atoms with Crippen molar-refractivity contribution >= 4 is 29.4 Å². The summed E-state index contributed by atoms with van der Waals surface area (Å²) in [6, 6.07) is 1.52. The van der Waals surface area contributed by atoms with Crippen LogP contribution in [0.1, 0.15) is 10.4 Å². The predicted octanol–water partition coefficient (Wildman–Crippen LogP) is 1.08. The predicted molar refractivity (Wildman–Crippen MR) is 48.1 cm³/mol. The molecule has 0 radical (unpaired) electrons. The smallest absolute Gasteiger partial charge is 0.337 e. The highest BCUT2D eigenvalue weighted by molar-refractivity contribution is 5.91. The molecule has 0 spiro atoms. The summed E-state index contributed by atoms with van der Waals surface area (Å²) in [5.74, 6) is -0.981. The molecule has 6 heteroatoms. The lowest BCUT2D eigenvalue weighted by atomic mass is 10.2. The summed E-state index contributed by atoms with van der Waals surface area (Å²) in [7, 11) is 0. The van der Waals surface area contributed by atoms with Crippen LogP contribution in [0.2, 0.25) is 0 Å². The van der Waals surface area contributed by atoms with Gasteiger partial charge in [0.15, 0.2) is 5.65 Å². The number of rotatable bonds is 1. The first-order valence-corrected chi connectivity index (χ1v) is 3.30. The van der Waals surface area contributed by atoms with E-state index in [0.29, 0.717) is 11.0 Å². The van der Waals surface area contributed by atoms with E-state index in [1.165, 1.54) is 18.5 Å². The van der Waals surface area contributed by atoms with Crippen LogP contribution in [0, 0.1) is 0 Å². The third-order valence-corrected chi connectivity index (χ3v) is 1.54. The molecule has 2 aromatic heterocycles. The van der Waals surface area contributed by atoms with Crippen LogP contribution < -0.4 is 0 Å². The number of aromatic amines is 1. The van der Waals surface area contributed by atoms with E-state index in [4.69, 9.17) is 5.11 Å². The summed E-state index contributed by atoms with van der Waals surface area (Å²) < 4.78 is 0. The third kappa shape index (κ3) is 1.59. The molecule has 0 unspecified atom stereocenters. The molecule has 0 aliphatic carbocycles. The molecule has 0 atom stereocenters. The van der Waals surface area contributed by atoms with Crippen molar-refractivity contribution in [1.82, 2.24) is 15.2 Å². The van der Waals surface area contributed by atoms with Crippen LogP contribution in [0.4, 0.5) is 0 Å². The first kappa shape index (κ1) is 9.47. The van der Waals surface area contributed by atoms with E-state index >= 15 is 0 Å². The van der Waals surface area contributed by atoms with Gasteiger partial charge in [0.25, 0.3) is 0 Å². The van der Waals surface area contributed by atoms with E-state index in [0.717, 1.165) is 0 Å². The Bertz CT molecular complexity index is 440. The Hall–Kier alpha value is -1.62. The van der Waals surface area contributed by atoms with Gasteiger partial charge in [-0.1, -0.05) is 0 Å². The summed E-state index contributed by atoms with van der Waals surface area (Å²) in [4.78, 5) is 14.4. The van der Waals surface area contributed by atoms with Gasteiger partial charge in [-0.05, 0) is 6.07 Å². The first-order valence-electron chi connectivity index (χ1n) is 3.30. The van der Waals surface area contributed by atoms with Crippen LogP contribution in [-0.2, 0) is 0 Å². The summed E-state index contributed by atoms with van der Waals surface area (Å²) in [6.07, 6.45) is 2.83. The average molecular weight is 200 g/mol. The number of carbonyl (C=O) groups is 1. The maximum Gasteiger partial charge on any atom is 0.337 e. The van der Waals surface area contributed by atoms with Crippen molar-refractivity contribution in [2.75, 3.05) is 0 Å². The molecule has 68 valence electrons. The molecular weight excluding hydrogens is 194 g/mol. The minimum absolute atomic E-state index is 0.